The molecule has 2 fully saturated rings. The molecule has 0 bridgehead atoms. The molecule has 1 aromatic heterocycles. The van der Waals surface area contributed by atoms with Gasteiger partial charge in [-0.15, -0.1) is 0 Å². The number of anilines is 2. The number of aromatic nitrogens is 1. The predicted octanol–water partition coefficient (Wildman–Crippen LogP) is 2.22. The molecule has 2 aliphatic heterocycles. The van der Waals surface area contributed by atoms with Crippen molar-refractivity contribution in [3.05, 3.63) is 53.7 Å². The summed E-state index contributed by atoms with van der Waals surface area (Å²) in [6, 6.07) is 12.4. The number of hydrogen-bond acceptors (Lipinski definition) is 5. The zero-order valence-electron chi connectivity index (χ0n) is 19.8. The Hall–Kier alpha value is -3.13. The van der Waals surface area contributed by atoms with E-state index in [0.717, 1.165) is 74.3 Å². The summed E-state index contributed by atoms with van der Waals surface area (Å²) in [4.78, 5) is 27.6. The third-order valence-corrected chi connectivity index (χ3v) is 6.42. The molecule has 8 nitrogen and oxygen atoms in total. The van der Waals surface area contributed by atoms with Gasteiger partial charge >= 0.3 is 0 Å². The Bertz CT molecular complexity index is 934. The molecular weight excluding hydrogens is 414 g/mol. The van der Waals surface area contributed by atoms with Gasteiger partial charge in [-0.2, -0.15) is 0 Å². The van der Waals surface area contributed by atoms with Crippen molar-refractivity contribution in [1.29, 1.82) is 0 Å². The van der Waals surface area contributed by atoms with Gasteiger partial charge in [0, 0.05) is 71.2 Å². The summed E-state index contributed by atoms with van der Waals surface area (Å²) in [6.45, 7) is 9.73. The number of amides is 1. The number of nitrogens with zero attached hydrogens (tertiary/aromatic N) is 5. The molecule has 4 rings (SSSR count). The van der Waals surface area contributed by atoms with Gasteiger partial charge in [0.15, 0.2) is 5.96 Å². The van der Waals surface area contributed by atoms with Crippen molar-refractivity contribution in [3.8, 4) is 0 Å². The van der Waals surface area contributed by atoms with E-state index in [4.69, 9.17) is 0 Å². The number of pyridine rings is 1. The van der Waals surface area contributed by atoms with Gasteiger partial charge in [0.2, 0.25) is 5.91 Å². The Kier molecular flexibility index (Phi) is 7.78. The van der Waals surface area contributed by atoms with Gasteiger partial charge < -0.3 is 25.3 Å². The van der Waals surface area contributed by atoms with Gasteiger partial charge in [-0.3, -0.25) is 9.79 Å². The van der Waals surface area contributed by atoms with Crippen LogP contribution in [0.25, 0.3) is 0 Å². The predicted molar refractivity (Wildman–Crippen MR) is 134 cm³/mol. The fourth-order valence-corrected chi connectivity index (χ4v) is 4.31. The number of hydrogen-bond donors (Lipinski definition) is 2. The molecule has 0 atom stereocenters. The van der Waals surface area contributed by atoms with Crippen LogP contribution in [0.2, 0.25) is 0 Å². The van der Waals surface area contributed by atoms with Crippen LogP contribution < -0.4 is 20.4 Å². The van der Waals surface area contributed by atoms with Crippen molar-refractivity contribution >= 4 is 23.4 Å². The molecular formula is C25H35N7O. The molecule has 0 unspecified atom stereocenters. The van der Waals surface area contributed by atoms with E-state index >= 15 is 0 Å². The van der Waals surface area contributed by atoms with Crippen molar-refractivity contribution in [2.45, 2.75) is 32.9 Å². The van der Waals surface area contributed by atoms with E-state index < -0.39 is 0 Å². The molecule has 176 valence electrons. The molecule has 0 saturated carbocycles. The second-order valence-corrected chi connectivity index (χ2v) is 8.54. The fourth-order valence-electron chi connectivity index (χ4n) is 4.31. The van der Waals surface area contributed by atoms with Gasteiger partial charge in [0.1, 0.15) is 5.82 Å². The standard InChI is InChI=1S/C25H35N7O/c1-3-30-13-15-31(16-14-30)23-11-8-21(18-27-23)19-29-25(26-2)28-17-20-6-9-22(10-7-20)32-12-4-5-24(32)33/h6-11,18H,3-5,12-17,19H2,1-2H3,(H2,26,28,29). The molecule has 1 amide bonds. The zero-order valence-corrected chi connectivity index (χ0v) is 19.8. The Labute approximate surface area is 196 Å². The monoisotopic (exact) mass is 449 g/mol. The first kappa shape index (κ1) is 23.0. The van der Waals surface area contributed by atoms with Crippen LogP contribution in [0.4, 0.5) is 11.5 Å². The maximum Gasteiger partial charge on any atom is 0.227 e. The number of guanidine groups is 1. The second-order valence-electron chi connectivity index (χ2n) is 8.54. The first-order chi connectivity index (χ1) is 16.2. The van der Waals surface area contributed by atoms with Gasteiger partial charge in [0.25, 0.3) is 0 Å². The van der Waals surface area contributed by atoms with E-state index in [1.807, 2.05) is 23.2 Å². The summed E-state index contributed by atoms with van der Waals surface area (Å²) in [6.07, 6.45) is 3.54. The van der Waals surface area contributed by atoms with Crippen LogP contribution in [0.5, 0.6) is 0 Å². The van der Waals surface area contributed by atoms with Gasteiger partial charge in [-0.05, 0) is 42.3 Å². The molecule has 3 heterocycles. The highest BCUT2D eigenvalue weighted by Gasteiger charge is 2.21. The van der Waals surface area contributed by atoms with Gasteiger partial charge in [-0.1, -0.05) is 25.1 Å². The zero-order chi connectivity index (χ0) is 23.0. The van der Waals surface area contributed by atoms with Crippen LogP contribution >= 0.6 is 0 Å². The van der Waals surface area contributed by atoms with Gasteiger partial charge in [0.05, 0.1) is 0 Å². The molecule has 1 aromatic carbocycles. The Morgan fingerprint density at radius 1 is 0.970 bits per heavy atom. The minimum atomic E-state index is 0.215. The number of piperazine rings is 1. The lowest BCUT2D eigenvalue weighted by molar-refractivity contribution is -0.117. The molecule has 0 radical (unpaired) electrons. The summed E-state index contributed by atoms with van der Waals surface area (Å²) >= 11 is 0. The van der Waals surface area contributed by atoms with E-state index in [2.05, 4.69) is 61.6 Å². The second kappa shape index (κ2) is 11.1. The Morgan fingerprint density at radius 2 is 1.67 bits per heavy atom. The smallest absolute Gasteiger partial charge is 0.227 e. The van der Waals surface area contributed by atoms with Crippen LogP contribution in [0.3, 0.4) is 0 Å². The topological polar surface area (TPSA) is 76.1 Å². The minimum Gasteiger partial charge on any atom is -0.354 e. The summed E-state index contributed by atoms with van der Waals surface area (Å²) in [7, 11) is 1.77. The average Bonchev–Trinajstić information content (AvgIpc) is 3.30. The number of nitrogens with one attached hydrogen (secondary N) is 2. The van der Waals surface area contributed by atoms with E-state index in [9.17, 15) is 4.79 Å². The quantitative estimate of drug-likeness (QED) is 0.499. The highest BCUT2D eigenvalue weighted by Crippen LogP contribution is 2.21. The van der Waals surface area contributed by atoms with Crippen LogP contribution in [0, 0.1) is 0 Å². The lowest BCUT2D eigenvalue weighted by Crippen LogP contribution is -2.46. The largest absolute Gasteiger partial charge is 0.354 e. The van der Waals surface area contributed by atoms with Crippen molar-refractivity contribution in [3.63, 3.8) is 0 Å². The Balaban J connectivity index is 1.23. The van der Waals surface area contributed by atoms with E-state index in [-0.39, 0.29) is 5.91 Å². The molecule has 33 heavy (non-hydrogen) atoms. The lowest BCUT2D eigenvalue weighted by atomic mass is 10.2. The summed E-state index contributed by atoms with van der Waals surface area (Å²) in [5.74, 6) is 2.01. The number of carbonyl (C=O) groups excluding carboxylic acids is 1. The van der Waals surface area contributed by atoms with Crippen molar-refractivity contribution in [1.82, 2.24) is 20.5 Å². The molecule has 2 N–H and O–H groups in total. The van der Waals surface area contributed by atoms with E-state index in [0.29, 0.717) is 19.5 Å². The third kappa shape index (κ3) is 6.01. The van der Waals surface area contributed by atoms with Crippen LogP contribution in [-0.2, 0) is 17.9 Å². The number of carbonyl (C=O) groups is 1. The SMILES string of the molecule is CCN1CCN(c2ccc(CNC(=NC)NCc3ccc(N4CCCC4=O)cc3)cn2)CC1. The van der Waals surface area contributed by atoms with Crippen molar-refractivity contribution in [2.24, 2.45) is 4.99 Å². The summed E-state index contributed by atoms with van der Waals surface area (Å²) in [5, 5.41) is 6.71. The van der Waals surface area contributed by atoms with E-state index in [1.54, 1.807) is 7.05 Å². The average molecular weight is 450 g/mol. The molecule has 0 spiro atoms. The van der Waals surface area contributed by atoms with Crippen LogP contribution in [0.15, 0.2) is 47.6 Å². The fraction of sp³-hybridized carbons (Fsp3) is 0.480. The third-order valence-electron chi connectivity index (χ3n) is 6.42. The maximum absolute atomic E-state index is 11.9. The van der Waals surface area contributed by atoms with Crippen LogP contribution in [-0.4, -0.2) is 68.1 Å². The number of likely N-dealkylation sites (N-methyl/N-ethyl adjacent to an activating group) is 1. The summed E-state index contributed by atoms with van der Waals surface area (Å²) in [5.41, 5.74) is 3.24. The number of benzene rings is 1. The normalized spacial score (nSPS) is 17.5. The van der Waals surface area contributed by atoms with Crippen LogP contribution in [0.1, 0.15) is 30.9 Å². The molecule has 0 aliphatic carbocycles. The van der Waals surface area contributed by atoms with E-state index in [1.165, 1.54) is 0 Å². The molecule has 2 saturated heterocycles. The highest BCUT2D eigenvalue weighted by atomic mass is 16.2. The first-order valence-electron chi connectivity index (χ1n) is 11.9. The number of aliphatic imine (C=N–C) groups is 1. The highest BCUT2D eigenvalue weighted by molar-refractivity contribution is 5.95. The lowest BCUT2D eigenvalue weighted by Gasteiger charge is -2.34. The maximum atomic E-state index is 11.9. The number of rotatable bonds is 7. The first-order valence-corrected chi connectivity index (χ1v) is 11.9. The molecule has 8 heteroatoms. The van der Waals surface area contributed by atoms with Gasteiger partial charge in [-0.25, -0.2) is 4.98 Å². The van der Waals surface area contributed by atoms with Crippen molar-refractivity contribution in [2.75, 3.05) is 56.1 Å². The molecule has 2 aliphatic rings. The Morgan fingerprint density at radius 3 is 2.24 bits per heavy atom. The minimum absolute atomic E-state index is 0.215. The van der Waals surface area contributed by atoms with Crippen molar-refractivity contribution < 1.29 is 4.79 Å². The molecule has 2 aromatic rings. The summed E-state index contributed by atoms with van der Waals surface area (Å²) < 4.78 is 0.